The minimum absolute atomic E-state index is 0.0896. The highest BCUT2D eigenvalue weighted by atomic mass is 16.2. The first-order valence-corrected chi connectivity index (χ1v) is 7.24. The molecule has 21 heavy (non-hydrogen) atoms. The standard InChI is InChI=1S/C17H19N3O/c1-12-11-14(18)4-5-15(12)17(21)20-10-2-3-16(20)13-6-8-19-9-7-13/h4-9,11,16H,2-3,10,18H2,1H3. The van der Waals surface area contributed by atoms with Gasteiger partial charge < -0.3 is 10.6 Å². The average molecular weight is 281 g/mol. The smallest absolute Gasteiger partial charge is 0.254 e. The number of nitrogens with zero attached hydrogens (tertiary/aromatic N) is 2. The molecule has 1 atom stereocenters. The molecule has 0 radical (unpaired) electrons. The number of hydrogen-bond donors (Lipinski definition) is 1. The lowest BCUT2D eigenvalue weighted by molar-refractivity contribution is 0.0735. The predicted molar refractivity (Wildman–Crippen MR) is 82.8 cm³/mol. The molecule has 1 fully saturated rings. The highest BCUT2D eigenvalue weighted by Crippen LogP contribution is 2.33. The maximum absolute atomic E-state index is 12.8. The first-order valence-electron chi connectivity index (χ1n) is 7.24. The van der Waals surface area contributed by atoms with E-state index in [1.165, 1.54) is 0 Å². The van der Waals surface area contributed by atoms with E-state index in [0.29, 0.717) is 5.69 Å². The second-order valence-corrected chi connectivity index (χ2v) is 5.51. The van der Waals surface area contributed by atoms with Crippen molar-refractivity contribution in [3.63, 3.8) is 0 Å². The van der Waals surface area contributed by atoms with Crippen LogP contribution >= 0.6 is 0 Å². The maximum Gasteiger partial charge on any atom is 0.254 e. The van der Waals surface area contributed by atoms with E-state index in [9.17, 15) is 4.79 Å². The van der Waals surface area contributed by atoms with Crippen molar-refractivity contribution in [1.29, 1.82) is 0 Å². The molecule has 1 saturated heterocycles. The highest BCUT2D eigenvalue weighted by molar-refractivity contribution is 5.96. The first-order chi connectivity index (χ1) is 10.2. The van der Waals surface area contributed by atoms with Crippen molar-refractivity contribution in [2.45, 2.75) is 25.8 Å². The van der Waals surface area contributed by atoms with Crippen molar-refractivity contribution >= 4 is 11.6 Å². The Labute approximate surface area is 124 Å². The van der Waals surface area contributed by atoms with E-state index < -0.39 is 0 Å². The van der Waals surface area contributed by atoms with Crippen molar-refractivity contribution in [2.75, 3.05) is 12.3 Å². The molecule has 1 aliphatic rings. The topological polar surface area (TPSA) is 59.2 Å². The summed E-state index contributed by atoms with van der Waals surface area (Å²) in [6, 6.07) is 9.60. The summed E-state index contributed by atoms with van der Waals surface area (Å²) in [6.07, 6.45) is 5.60. The number of pyridine rings is 1. The van der Waals surface area contributed by atoms with Crippen LogP contribution in [0.15, 0.2) is 42.7 Å². The summed E-state index contributed by atoms with van der Waals surface area (Å²) in [6.45, 7) is 2.73. The largest absolute Gasteiger partial charge is 0.399 e. The average Bonchev–Trinajstić information content (AvgIpc) is 2.97. The molecule has 1 unspecified atom stereocenters. The van der Waals surface area contributed by atoms with E-state index in [2.05, 4.69) is 4.98 Å². The summed E-state index contributed by atoms with van der Waals surface area (Å²) in [7, 11) is 0. The van der Waals surface area contributed by atoms with Crippen molar-refractivity contribution in [2.24, 2.45) is 0 Å². The number of benzene rings is 1. The van der Waals surface area contributed by atoms with Crippen molar-refractivity contribution in [3.05, 3.63) is 59.4 Å². The van der Waals surface area contributed by atoms with Crippen LogP contribution in [0.2, 0.25) is 0 Å². The van der Waals surface area contributed by atoms with Gasteiger partial charge in [-0.3, -0.25) is 9.78 Å². The Morgan fingerprint density at radius 2 is 2.05 bits per heavy atom. The summed E-state index contributed by atoms with van der Waals surface area (Å²) in [5.74, 6) is 0.0896. The molecular weight excluding hydrogens is 262 g/mol. The fraction of sp³-hybridized carbons (Fsp3) is 0.294. The van der Waals surface area contributed by atoms with E-state index in [1.54, 1.807) is 18.5 Å². The molecule has 1 aromatic heterocycles. The minimum Gasteiger partial charge on any atom is -0.399 e. The van der Waals surface area contributed by atoms with Gasteiger partial charge in [0.25, 0.3) is 5.91 Å². The first kappa shape index (κ1) is 13.6. The summed E-state index contributed by atoms with van der Waals surface area (Å²) < 4.78 is 0. The number of aromatic nitrogens is 1. The molecule has 3 rings (SSSR count). The van der Waals surface area contributed by atoms with Gasteiger partial charge in [0.1, 0.15) is 0 Å². The van der Waals surface area contributed by atoms with Crippen LogP contribution in [0.3, 0.4) is 0 Å². The molecular formula is C17H19N3O. The summed E-state index contributed by atoms with van der Waals surface area (Å²) in [5.41, 5.74) is 9.29. The van der Waals surface area contributed by atoms with Gasteiger partial charge in [-0.1, -0.05) is 0 Å². The lowest BCUT2D eigenvalue weighted by Crippen LogP contribution is -2.31. The van der Waals surface area contributed by atoms with Crippen molar-refractivity contribution in [3.8, 4) is 0 Å². The van der Waals surface area contributed by atoms with Gasteiger partial charge in [-0.15, -0.1) is 0 Å². The number of nitrogen functional groups attached to an aromatic ring is 1. The molecule has 0 bridgehead atoms. The van der Waals surface area contributed by atoms with Gasteiger partial charge >= 0.3 is 0 Å². The molecule has 1 amide bonds. The van der Waals surface area contributed by atoms with Crippen LogP contribution in [0.5, 0.6) is 0 Å². The predicted octanol–water partition coefficient (Wildman–Crippen LogP) is 2.95. The summed E-state index contributed by atoms with van der Waals surface area (Å²) in [4.78, 5) is 18.8. The van der Waals surface area contributed by atoms with Gasteiger partial charge in [-0.2, -0.15) is 0 Å². The Balaban J connectivity index is 1.90. The molecule has 2 aromatic rings. The summed E-state index contributed by atoms with van der Waals surface area (Å²) in [5, 5.41) is 0. The minimum atomic E-state index is 0.0896. The third-order valence-corrected chi connectivity index (χ3v) is 4.09. The molecule has 1 aromatic carbocycles. The Bertz CT molecular complexity index is 654. The van der Waals surface area contributed by atoms with Crippen molar-refractivity contribution in [1.82, 2.24) is 9.88 Å². The molecule has 2 N–H and O–H groups in total. The third kappa shape index (κ3) is 2.61. The van der Waals surface area contributed by atoms with Crippen LogP contribution < -0.4 is 5.73 Å². The van der Waals surface area contributed by atoms with Crippen LogP contribution in [0.1, 0.15) is 40.4 Å². The second-order valence-electron chi connectivity index (χ2n) is 5.51. The van der Waals surface area contributed by atoms with Gasteiger partial charge in [-0.05, 0) is 61.2 Å². The molecule has 4 heteroatoms. The Hall–Kier alpha value is -2.36. The van der Waals surface area contributed by atoms with E-state index in [0.717, 1.165) is 36.1 Å². The normalized spacial score (nSPS) is 18.0. The molecule has 0 saturated carbocycles. The highest BCUT2D eigenvalue weighted by Gasteiger charge is 2.31. The third-order valence-electron chi connectivity index (χ3n) is 4.09. The van der Waals surface area contributed by atoms with Gasteiger partial charge in [0.2, 0.25) is 0 Å². The number of carbonyl (C=O) groups excluding carboxylic acids is 1. The number of likely N-dealkylation sites (tertiary alicyclic amines) is 1. The lowest BCUT2D eigenvalue weighted by Gasteiger charge is -2.25. The number of nitrogens with two attached hydrogens (primary N) is 1. The van der Waals surface area contributed by atoms with Crippen LogP contribution in [0.25, 0.3) is 0 Å². The van der Waals surface area contributed by atoms with E-state index in [4.69, 9.17) is 5.73 Å². The monoisotopic (exact) mass is 281 g/mol. The van der Waals surface area contributed by atoms with E-state index >= 15 is 0 Å². The second kappa shape index (κ2) is 5.56. The van der Waals surface area contributed by atoms with Gasteiger partial charge in [-0.25, -0.2) is 0 Å². The number of anilines is 1. The molecule has 4 nitrogen and oxygen atoms in total. The maximum atomic E-state index is 12.8. The van der Waals surface area contributed by atoms with Gasteiger partial charge in [0, 0.05) is 30.2 Å². The quantitative estimate of drug-likeness (QED) is 0.861. The number of hydrogen-bond acceptors (Lipinski definition) is 3. The summed E-state index contributed by atoms with van der Waals surface area (Å²) >= 11 is 0. The Morgan fingerprint density at radius 3 is 2.76 bits per heavy atom. The fourth-order valence-corrected chi connectivity index (χ4v) is 3.02. The number of carbonyl (C=O) groups is 1. The molecule has 0 spiro atoms. The zero-order chi connectivity index (χ0) is 14.8. The lowest BCUT2D eigenvalue weighted by atomic mass is 10.0. The number of rotatable bonds is 2. The zero-order valence-corrected chi connectivity index (χ0v) is 12.1. The number of aryl methyl sites for hydroxylation is 1. The van der Waals surface area contributed by atoms with Gasteiger partial charge in [0.05, 0.1) is 6.04 Å². The fourth-order valence-electron chi connectivity index (χ4n) is 3.02. The van der Waals surface area contributed by atoms with Gasteiger partial charge in [0.15, 0.2) is 0 Å². The van der Waals surface area contributed by atoms with Crippen molar-refractivity contribution < 1.29 is 4.79 Å². The molecule has 0 aliphatic carbocycles. The number of amides is 1. The van der Waals surface area contributed by atoms with Crippen LogP contribution in [-0.4, -0.2) is 22.3 Å². The molecule has 108 valence electrons. The van der Waals surface area contributed by atoms with E-state index in [-0.39, 0.29) is 11.9 Å². The Morgan fingerprint density at radius 1 is 1.29 bits per heavy atom. The van der Waals surface area contributed by atoms with Crippen LogP contribution in [-0.2, 0) is 0 Å². The Kier molecular flexibility index (Phi) is 3.60. The van der Waals surface area contributed by atoms with Crippen LogP contribution in [0, 0.1) is 6.92 Å². The van der Waals surface area contributed by atoms with E-state index in [1.807, 2.05) is 36.1 Å². The SMILES string of the molecule is Cc1cc(N)ccc1C(=O)N1CCCC1c1ccncc1. The molecule has 2 heterocycles. The molecule has 1 aliphatic heterocycles. The van der Waals surface area contributed by atoms with Crippen LogP contribution in [0.4, 0.5) is 5.69 Å². The zero-order valence-electron chi connectivity index (χ0n) is 12.1.